The van der Waals surface area contributed by atoms with E-state index in [4.69, 9.17) is 21.1 Å². The first-order valence-corrected chi connectivity index (χ1v) is 8.88. The monoisotopic (exact) mass is 409 g/mol. The van der Waals surface area contributed by atoms with Gasteiger partial charge in [0.15, 0.2) is 11.5 Å². The highest BCUT2D eigenvalue weighted by molar-refractivity contribution is 9.10. The van der Waals surface area contributed by atoms with Crippen LogP contribution < -0.4 is 14.8 Å². The molecule has 24 heavy (non-hydrogen) atoms. The van der Waals surface area contributed by atoms with E-state index in [0.717, 1.165) is 16.5 Å². The van der Waals surface area contributed by atoms with E-state index in [0.29, 0.717) is 35.3 Å². The summed E-state index contributed by atoms with van der Waals surface area (Å²) in [6.45, 7) is 3.17. The lowest BCUT2D eigenvalue weighted by molar-refractivity contribution is 0.0940. The molecule has 0 fully saturated rings. The Bertz CT molecular complexity index is 766. The molecule has 3 rings (SSSR count). The van der Waals surface area contributed by atoms with Crippen molar-refractivity contribution in [3.05, 3.63) is 57.0 Å². The van der Waals surface area contributed by atoms with Crippen LogP contribution in [0.25, 0.3) is 0 Å². The largest absolute Gasteiger partial charge is 0.490 e. The zero-order chi connectivity index (χ0) is 17.1. The van der Waals surface area contributed by atoms with Gasteiger partial charge in [0.05, 0.1) is 29.8 Å². The Labute approximate surface area is 154 Å². The molecule has 126 valence electrons. The predicted molar refractivity (Wildman–Crippen MR) is 97.1 cm³/mol. The first kappa shape index (κ1) is 17.1. The van der Waals surface area contributed by atoms with Crippen LogP contribution in [0.1, 0.15) is 35.3 Å². The standard InChI is InChI=1S/C18H17BrClNO3/c1-11(21-18(22)12-5-2-3-6-15(12)20)13-9-16-17(10-14(13)19)24-8-4-7-23-16/h2-3,5-6,9-11H,4,7-8H2,1H3,(H,21,22)/t11-/m1/s1. The number of amides is 1. The fourth-order valence-corrected chi connectivity index (χ4v) is 3.42. The molecule has 1 atom stereocenters. The fourth-order valence-electron chi connectivity index (χ4n) is 2.53. The molecule has 1 N–H and O–H groups in total. The van der Waals surface area contributed by atoms with Crippen LogP contribution in [0.3, 0.4) is 0 Å². The van der Waals surface area contributed by atoms with Crippen molar-refractivity contribution in [2.45, 2.75) is 19.4 Å². The van der Waals surface area contributed by atoms with E-state index in [1.807, 2.05) is 19.1 Å². The van der Waals surface area contributed by atoms with E-state index in [1.54, 1.807) is 24.3 Å². The summed E-state index contributed by atoms with van der Waals surface area (Å²) in [6, 6.07) is 10.5. The summed E-state index contributed by atoms with van der Waals surface area (Å²) in [5.74, 6) is 1.20. The second-order valence-corrected chi connectivity index (χ2v) is 6.81. The van der Waals surface area contributed by atoms with Gasteiger partial charge in [0, 0.05) is 10.9 Å². The van der Waals surface area contributed by atoms with E-state index < -0.39 is 0 Å². The molecule has 1 heterocycles. The van der Waals surface area contributed by atoms with Crippen molar-refractivity contribution >= 4 is 33.4 Å². The number of hydrogen-bond acceptors (Lipinski definition) is 3. The summed E-state index contributed by atoms with van der Waals surface area (Å²) in [5, 5.41) is 3.40. The molecule has 1 aliphatic heterocycles. The molecular formula is C18H17BrClNO3. The van der Waals surface area contributed by atoms with Gasteiger partial charge < -0.3 is 14.8 Å². The third kappa shape index (κ3) is 3.68. The van der Waals surface area contributed by atoms with E-state index in [-0.39, 0.29) is 11.9 Å². The second-order valence-electron chi connectivity index (χ2n) is 5.55. The normalized spacial score (nSPS) is 14.6. The van der Waals surface area contributed by atoms with Crippen molar-refractivity contribution in [3.8, 4) is 11.5 Å². The average Bonchev–Trinajstić information content (AvgIpc) is 2.79. The molecule has 6 heteroatoms. The number of nitrogens with one attached hydrogen (secondary N) is 1. The van der Waals surface area contributed by atoms with Gasteiger partial charge >= 0.3 is 0 Å². The Kier molecular flexibility index (Phi) is 5.31. The maximum Gasteiger partial charge on any atom is 0.253 e. The Morgan fingerprint density at radius 3 is 2.58 bits per heavy atom. The lowest BCUT2D eigenvalue weighted by atomic mass is 10.1. The topological polar surface area (TPSA) is 47.6 Å². The predicted octanol–water partition coefficient (Wildman–Crippen LogP) is 4.75. The smallest absolute Gasteiger partial charge is 0.253 e. The molecule has 0 aromatic heterocycles. The van der Waals surface area contributed by atoms with Crippen LogP contribution in [0.15, 0.2) is 40.9 Å². The summed E-state index contributed by atoms with van der Waals surface area (Å²) >= 11 is 9.64. The first-order chi connectivity index (χ1) is 11.6. The molecule has 2 aromatic rings. The van der Waals surface area contributed by atoms with Crippen LogP contribution in [0, 0.1) is 0 Å². The Balaban J connectivity index is 1.82. The van der Waals surface area contributed by atoms with Gasteiger partial charge in [-0.15, -0.1) is 0 Å². The Morgan fingerprint density at radius 2 is 1.88 bits per heavy atom. The zero-order valence-electron chi connectivity index (χ0n) is 13.1. The Morgan fingerprint density at radius 1 is 1.21 bits per heavy atom. The molecular weight excluding hydrogens is 394 g/mol. The molecule has 1 aliphatic rings. The van der Waals surface area contributed by atoms with Gasteiger partial charge in [-0.3, -0.25) is 4.79 Å². The van der Waals surface area contributed by atoms with E-state index >= 15 is 0 Å². The number of halogens is 2. The van der Waals surface area contributed by atoms with Crippen molar-refractivity contribution in [1.82, 2.24) is 5.32 Å². The molecule has 0 bridgehead atoms. The van der Waals surface area contributed by atoms with Gasteiger partial charge in [-0.25, -0.2) is 0 Å². The molecule has 2 aromatic carbocycles. The van der Waals surface area contributed by atoms with E-state index in [2.05, 4.69) is 21.2 Å². The average molecular weight is 411 g/mol. The maximum absolute atomic E-state index is 12.4. The van der Waals surface area contributed by atoms with Crippen LogP contribution in [-0.2, 0) is 0 Å². The Hall–Kier alpha value is -1.72. The van der Waals surface area contributed by atoms with Crippen molar-refractivity contribution in [2.75, 3.05) is 13.2 Å². The number of carbonyl (C=O) groups excluding carboxylic acids is 1. The summed E-state index contributed by atoms with van der Waals surface area (Å²) in [6.07, 6.45) is 0.848. The fraction of sp³-hybridized carbons (Fsp3) is 0.278. The van der Waals surface area contributed by atoms with Gasteiger partial charge in [-0.2, -0.15) is 0 Å². The quantitative estimate of drug-likeness (QED) is 0.794. The van der Waals surface area contributed by atoms with E-state index in [1.165, 1.54) is 0 Å². The molecule has 0 saturated heterocycles. The number of fused-ring (bicyclic) bond motifs is 1. The van der Waals surface area contributed by atoms with Crippen molar-refractivity contribution < 1.29 is 14.3 Å². The third-order valence-corrected chi connectivity index (χ3v) is 4.82. The highest BCUT2D eigenvalue weighted by Crippen LogP contribution is 2.37. The molecule has 0 saturated carbocycles. The minimum absolute atomic E-state index is 0.216. The number of ether oxygens (including phenoxy) is 2. The van der Waals surface area contributed by atoms with Crippen molar-refractivity contribution in [2.24, 2.45) is 0 Å². The molecule has 0 spiro atoms. The molecule has 0 radical (unpaired) electrons. The summed E-state index contributed by atoms with van der Waals surface area (Å²) in [5.41, 5.74) is 1.37. The van der Waals surface area contributed by atoms with Gasteiger partial charge in [0.1, 0.15) is 0 Å². The maximum atomic E-state index is 12.4. The number of hydrogen-bond donors (Lipinski definition) is 1. The molecule has 0 aliphatic carbocycles. The SMILES string of the molecule is C[C@@H](NC(=O)c1ccccc1Cl)c1cc2c(cc1Br)OCCCO2. The first-order valence-electron chi connectivity index (χ1n) is 7.70. The van der Waals surface area contributed by atoms with Crippen LogP contribution in [0.5, 0.6) is 11.5 Å². The van der Waals surface area contributed by atoms with Crippen LogP contribution in [-0.4, -0.2) is 19.1 Å². The summed E-state index contributed by atoms with van der Waals surface area (Å²) in [4.78, 5) is 12.4. The number of rotatable bonds is 3. The third-order valence-electron chi connectivity index (χ3n) is 3.80. The van der Waals surface area contributed by atoms with Gasteiger partial charge in [-0.1, -0.05) is 39.7 Å². The lowest BCUT2D eigenvalue weighted by Gasteiger charge is -2.18. The van der Waals surface area contributed by atoms with Gasteiger partial charge in [0.2, 0.25) is 0 Å². The van der Waals surface area contributed by atoms with Crippen LogP contribution in [0.4, 0.5) is 0 Å². The van der Waals surface area contributed by atoms with Crippen molar-refractivity contribution in [3.63, 3.8) is 0 Å². The second kappa shape index (κ2) is 7.45. The molecule has 4 nitrogen and oxygen atoms in total. The van der Waals surface area contributed by atoms with Crippen molar-refractivity contribution in [1.29, 1.82) is 0 Å². The summed E-state index contributed by atoms with van der Waals surface area (Å²) < 4.78 is 12.3. The van der Waals surface area contributed by atoms with E-state index in [9.17, 15) is 4.79 Å². The highest BCUT2D eigenvalue weighted by Gasteiger charge is 2.19. The number of benzene rings is 2. The minimum Gasteiger partial charge on any atom is -0.490 e. The molecule has 0 unspecified atom stereocenters. The van der Waals surface area contributed by atoms with Crippen LogP contribution >= 0.6 is 27.5 Å². The molecule has 1 amide bonds. The summed E-state index contributed by atoms with van der Waals surface area (Å²) in [7, 11) is 0. The minimum atomic E-state index is -0.222. The highest BCUT2D eigenvalue weighted by atomic mass is 79.9. The van der Waals surface area contributed by atoms with Crippen LogP contribution in [0.2, 0.25) is 5.02 Å². The number of carbonyl (C=O) groups is 1. The van der Waals surface area contributed by atoms with Gasteiger partial charge in [0.25, 0.3) is 5.91 Å². The zero-order valence-corrected chi connectivity index (χ0v) is 15.5. The van der Waals surface area contributed by atoms with Gasteiger partial charge in [-0.05, 0) is 36.8 Å². The lowest BCUT2D eigenvalue weighted by Crippen LogP contribution is -2.27.